The Morgan fingerprint density at radius 1 is 1.50 bits per heavy atom. The van der Waals surface area contributed by atoms with E-state index >= 15 is 0 Å². The molecule has 82 valence electrons. The number of hydrogen-bond donors (Lipinski definition) is 1. The second kappa shape index (κ2) is 6.20. The maximum Gasteiger partial charge on any atom is 0.0159 e. The van der Waals surface area contributed by atoms with E-state index in [1.807, 2.05) is 7.05 Å². The lowest BCUT2D eigenvalue weighted by molar-refractivity contribution is 0.155. The molecule has 14 heavy (non-hydrogen) atoms. The predicted molar refractivity (Wildman–Crippen MR) is 62.6 cm³/mol. The highest BCUT2D eigenvalue weighted by atomic mass is 15.2. The van der Waals surface area contributed by atoms with Crippen molar-refractivity contribution in [3.8, 4) is 0 Å². The Balaban J connectivity index is 2.36. The fraction of sp³-hybridized carbons (Fsp3) is 0.833. The van der Waals surface area contributed by atoms with Gasteiger partial charge in [-0.05, 0) is 39.4 Å². The molecule has 0 aliphatic carbocycles. The molecule has 0 aromatic carbocycles. The minimum atomic E-state index is 0.759. The molecule has 2 nitrogen and oxygen atoms in total. The van der Waals surface area contributed by atoms with Gasteiger partial charge in [0.2, 0.25) is 0 Å². The summed E-state index contributed by atoms with van der Waals surface area (Å²) in [5.41, 5.74) is 1.35. The van der Waals surface area contributed by atoms with Crippen LogP contribution in [0.5, 0.6) is 0 Å². The first kappa shape index (κ1) is 11.7. The Bertz CT molecular complexity index is 177. The van der Waals surface area contributed by atoms with E-state index in [2.05, 4.69) is 23.7 Å². The molecule has 1 rings (SSSR count). The van der Waals surface area contributed by atoms with Crippen LogP contribution in [0.3, 0.4) is 0 Å². The molecule has 0 aromatic heterocycles. The minimum Gasteiger partial charge on any atom is -0.316 e. The normalized spacial score (nSPS) is 23.7. The van der Waals surface area contributed by atoms with Gasteiger partial charge in [0.1, 0.15) is 0 Å². The van der Waals surface area contributed by atoms with Gasteiger partial charge in [-0.25, -0.2) is 0 Å². The summed E-state index contributed by atoms with van der Waals surface area (Å²) >= 11 is 0. The third-order valence-electron chi connectivity index (χ3n) is 3.11. The lowest BCUT2D eigenvalue weighted by Gasteiger charge is -2.35. The fourth-order valence-electron chi connectivity index (χ4n) is 2.36. The van der Waals surface area contributed by atoms with Crippen LogP contribution in [0, 0.1) is 0 Å². The van der Waals surface area contributed by atoms with Crippen LogP contribution in [0.1, 0.15) is 32.6 Å². The third-order valence-corrected chi connectivity index (χ3v) is 3.11. The molecule has 0 aromatic rings. The van der Waals surface area contributed by atoms with Gasteiger partial charge in [0.15, 0.2) is 0 Å². The van der Waals surface area contributed by atoms with Crippen LogP contribution in [0.15, 0.2) is 12.2 Å². The van der Waals surface area contributed by atoms with Crippen LogP contribution < -0.4 is 5.32 Å². The van der Waals surface area contributed by atoms with Crippen LogP contribution in [0.4, 0.5) is 0 Å². The van der Waals surface area contributed by atoms with Crippen molar-refractivity contribution in [3.05, 3.63) is 12.2 Å². The molecule has 1 heterocycles. The number of piperidine rings is 1. The SMILES string of the molecule is C=C(CNC)CC1CCCCN1CC. The standard InChI is InChI=1S/C12H24N2/c1-4-14-8-6-5-7-12(14)9-11(2)10-13-3/h12-13H,2,4-10H2,1,3H3. The zero-order chi connectivity index (χ0) is 10.4. The van der Waals surface area contributed by atoms with Gasteiger partial charge in [0.25, 0.3) is 0 Å². The van der Waals surface area contributed by atoms with E-state index in [9.17, 15) is 0 Å². The van der Waals surface area contributed by atoms with Crippen LogP contribution in [-0.2, 0) is 0 Å². The van der Waals surface area contributed by atoms with Gasteiger partial charge in [-0.1, -0.05) is 25.5 Å². The maximum atomic E-state index is 4.12. The summed E-state index contributed by atoms with van der Waals surface area (Å²) in [5.74, 6) is 0. The molecule has 0 saturated carbocycles. The number of likely N-dealkylation sites (N-methyl/N-ethyl adjacent to an activating group) is 1. The minimum absolute atomic E-state index is 0.759. The van der Waals surface area contributed by atoms with Gasteiger partial charge in [0, 0.05) is 12.6 Å². The van der Waals surface area contributed by atoms with Crippen molar-refractivity contribution in [1.82, 2.24) is 10.2 Å². The fourth-order valence-corrected chi connectivity index (χ4v) is 2.36. The maximum absolute atomic E-state index is 4.12. The zero-order valence-electron chi connectivity index (χ0n) is 9.68. The van der Waals surface area contributed by atoms with E-state index in [0.717, 1.165) is 12.6 Å². The van der Waals surface area contributed by atoms with Gasteiger partial charge >= 0.3 is 0 Å². The van der Waals surface area contributed by atoms with Crippen molar-refractivity contribution in [3.63, 3.8) is 0 Å². The van der Waals surface area contributed by atoms with E-state index in [0.29, 0.717) is 0 Å². The molecule has 0 amide bonds. The molecule has 2 heteroatoms. The summed E-state index contributed by atoms with van der Waals surface area (Å²) in [6, 6.07) is 0.759. The summed E-state index contributed by atoms with van der Waals surface area (Å²) in [6.45, 7) is 9.83. The van der Waals surface area contributed by atoms with Crippen LogP contribution in [0.25, 0.3) is 0 Å². The lowest BCUT2D eigenvalue weighted by Crippen LogP contribution is -2.39. The van der Waals surface area contributed by atoms with Gasteiger partial charge in [-0.3, -0.25) is 0 Å². The first-order chi connectivity index (χ1) is 6.77. The molecule has 0 bridgehead atoms. The molecule has 0 spiro atoms. The van der Waals surface area contributed by atoms with Gasteiger partial charge < -0.3 is 10.2 Å². The first-order valence-corrected chi connectivity index (χ1v) is 5.83. The van der Waals surface area contributed by atoms with Crippen LogP contribution in [0.2, 0.25) is 0 Å². The van der Waals surface area contributed by atoms with Crippen LogP contribution in [-0.4, -0.2) is 37.6 Å². The molecular formula is C12H24N2. The summed E-state index contributed by atoms with van der Waals surface area (Å²) in [5, 5.41) is 3.17. The molecule has 1 aliphatic heterocycles. The summed E-state index contributed by atoms with van der Waals surface area (Å²) in [7, 11) is 1.99. The van der Waals surface area contributed by atoms with Crippen LogP contribution >= 0.6 is 0 Å². The highest BCUT2D eigenvalue weighted by Crippen LogP contribution is 2.21. The number of nitrogens with one attached hydrogen (secondary N) is 1. The van der Waals surface area contributed by atoms with Gasteiger partial charge in [-0.2, -0.15) is 0 Å². The molecule has 0 radical (unpaired) electrons. The summed E-state index contributed by atoms with van der Waals surface area (Å²) in [4.78, 5) is 2.60. The van der Waals surface area contributed by atoms with E-state index < -0.39 is 0 Å². The average Bonchev–Trinajstić information content (AvgIpc) is 2.19. The van der Waals surface area contributed by atoms with E-state index in [-0.39, 0.29) is 0 Å². The second-order valence-corrected chi connectivity index (χ2v) is 4.26. The molecule has 1 N–H and O–H groups in total. The van der Waals surface area contributed by atoms with Crippen molar-refractivity contribution < 1.29 is 0 Å². The first-order valence-electron chi connectivity index (χ1n) is 5.83. The quantitative estimate of drug-likeness (QED) is 0.677. The number of likely N-dealkylation sites (tertiary alicyclic amines) is 1. The summed E-state index contributed by atoms with van der Waals surface area (Å²) < 4.78 is 0. The van der Waals surface area contributed by atoms with Gasteiger partial charge in [0.05, 0.1) is 0 Å². The van der Waals surface area contributed by atoms with Gasteiger partial charge in [-0.15, -0.1) is 0 Å². The number of nitrogens with zero attached hydrogens (tertiary/aromatic N) is 1. The molecule has 1 fully saturated rings. The average molecular weight is 196 g/mol. The Morgan fingerprint density at radius 2 is 2.29 bits per heavy atom. The third kappa shape index (κ3) is 3.43. The molecule has 1 atom stereocenters. The summed E-state index contributed by atoms with van der Waals surface area (Å²) in [6.07, 6.45) is 5.31. The molecule has 1 unspecified atom stereocenters. The van der Waals surface area contributed by atoms with E-state index in [1.54, 1.807) is 0 Å². The Kier molecular flexibility index (Phi) is 5.20. The second-order valence-electron chi connectivity index (χ2n) is 4.26. The monoisotopic (exact) mass is 196 g/mol. The predicted octanol–water partition coefficient (Wildman–Crippen LogP) is 2.03. The number of rotatable bonds is 5. The van der Waals surface area contributed by atoms with Crippen molar-refractivity contribution >= 4 is 0 Å². The highest BCUT2D eigenvalue weighted by molar-refractivity contribution is 5.00. The molecule has 1 aliphatic rings. The Labute approximate surface area is 88.4 Å². The van der Waals surface area contributed by atoms with Crippen molar-refractivity contribution in [2.75, 3.05) is 26.7 Å². The van der Waals surface area contributed by atoms with Crippen molar-refractivity contribution in [1.29, 1.82) is 0 Å². The largest absolute Gasteiger partial charge is 0.316 e. The molecular weight excluding hydrogens is 172 g/mol. The molecule has 1 saturated heterocycles. The highest BCUT2D eigenvalue weighted by Gasteiger charge is 2.20. The Hall–Kier alpha value is -0.340. The van der Waals surface area contributed by atoms with E-state index in [1.165, 1.54) is 44.3 Å². The van der Waals surface area contributed by atoms with Crippen molar-refractivity contribution in [2.45, 2.75) is 38.6 Å². The zero-order valence-corrected chi connectivity index (χ0v) is 9.68. The van der Waals surface area contributed by atoms with Crippen molar-refractivity contribution in [2.24, 2.45) is 0 Å². The lowest BCUT2D eigenvalue weighted by atomic mass is 9.96. The Morgan fingerprint density at radius 3 is 2.93 bits per heavy atom. The smallest absolute Gasteiger partial charge is 0.0159 e. The van der Waals surface area contributed by atoms with E-state index in [4.69, 9.17) is 0 Å². The number of hydrogen-bond acceptors (Lipinski definition) is 2. The topological polar surface area (TPSA) is 15.3 Å².